The number of carboxylic acids is 1. The standard InChI is InChI=1S/C11H14N2O3/c1-7-5-12-9(13-10(7)11(14)15)6-16-8-3-2-4-8/h5,8H,2-4,6H2,1H3,(H,14,15). The summed E-state index contributed by atoms with van der Waals surface area (Å²) >= 11 is 0. The molecule has 1 saturated carbocycles. The van der Waals surface area contributed by atoms with Crippen molar-refractivity contribution in [2.24, 2.45) is 0 Å². The van der Waals surface area contributed by atoms with Gasteiger partial charge in [-0.05, 0) is 26.2 Å². The van der Waals surface area contributed by atoms with E-state index in [2.05, 4.69) is 9.97 Å². The molecule has 1 aliphatic rings. The van der Waals surface area contributed by atoms with E-state index in [1.165, 1.54) is 12.6 Å². The molecular formula is C11H14N2O3. The molecule has 0 aliphatic heterocycles. The molecule has 16 heavy (non-hydrogen) atoms. The van der Waals surface area contributed by atoms with Crippen molar-refractivity contribution >= 4 is 5.97 Å². The number of rotatable bonds is 4. The van der Waals surface area contributed by atoms with Gasteiger partial charge in [0.1, 0.15) is 6.61 Å². The minimum Gasteiger partial charge on any atom is -0.477 e. The average molecular weight is 222 g/mol. The van der Waals surface area contributed by atoms with E-state index < -0.39 is 5.97 Å². The topological polar surface area (TPSA) is 72.3 Å². The van der Waals surface area contributed by atoms with Gasteiger partial charge in [0, 0.05) is 11.8 Å². The Kier molecular flexibility index (Phi) is 3.14. The summed E-state index contributed by atoms with van der Waals surface area (Å²) in [6.07, 6.45) is 5.20. The van der Waals surface area contributed by atoms with Crippen molar-refractivity contribution in [2.75, 3.05) is 0 Å². The fourth-order valence-electron chi connectivity index (χ4n) is 1.49. The van der Waals surface area contributed by atoms with Crippen molar-refractivity contribution in [2.45, 2.75) is 38.9 Å². The van der Waals surface area contributed by atoms with Crippen molar-refractivity contribution < 1.29 is 14.6 Å². The summed E-state index contributed by atoms with van der Waals surface area (Å²) in [6, 6.07) is 0. The fourth-order valence-corrected chi connectivity index (χ4v) is 1.49. The van der Waals surface area contributed by atoms with Crippen LogP contribution in [0.3, 0.4) is 0 Å². The van der Waals surface area contributed by atoms with Crippen LogP contribution in [0.1, 0.15) is 41.1 Å². The molecule has 5 nitrogen and oxygen atoms in total. The molecule has 1 aromatic heterocycles. The molecule has 1 aliphatic carbocycles. The number of carbonyl (C=O) groups is 1. The first-order valence-electron chi connectivity index (χ1n) is 5.34. The van der Waals surface area contributed by atoms with Gasteiger partial charge in [0.05, 0.1) is 6.10 Å². The van der Waals surface area contributed by atoms with Crippen LogP contribution >= 0.6 is 0 Å². The van der Waals surface area contributed by atoms with E-state index in [4.69, 9.17) is 9.84 Å². The quantitative estimate of drug-likeness (QED) is 0.836. The van der Waals surface area contributed by atoms with E-state index in [0.717, 1.165) is 12.8 Å². The highest BCUT2D eigenvalue weighted by Gasteiger charge is 2.18. The third-order valence-electron chi connectivity index (χ3n) is 2.72. The van der Waals surface area contributed by atoms with Crippen LogP contribution in [0, 0.1) is 6.92 Å². The number of hydrogen-bond donors (Lipinski definition) is 1. The second-order valence-corrected chi connectivity index (χ2v) is 3.99. The number of aromatic nitrogens is 2. The highest BCUT2D eigenvalue weighted by atomic mass is 16.5. The van der Waals surface area contributed by atoms with Crippen LogP contribution in [0.2, 0.25) is 0 Å². The van der Waals surface area contributed by atoms with E-state index in [1.807, 2.05) is 0 Å². The molecule has 5 heteroatoms. The zero-order valence-electron chi connectivity index (χ0n) is 9.14. The van der Waals surface area contributed by atoms with Crippen molar-refractivity contribution in [3.05, 3.63) is 23.3 Å². The summed E-state index contributed by atoms with van der Waals surface area (Å²) in [5.74, 6) is -0.584. The molecule has 2 rings (SSSR count). The van der Waals surface area contributed by atoms with Crippen LogP contribution in [0.25, 0.3) is 0 Å². The molecule has 0 spiro atoms. The van der Waals surface area contributed by atoms with E-state index in [1.54, 1.807) is 6.92 Å². The highest BCUT2D eigenvalue weighted by Crippen LogP contribution is 2.22. The normalized spacial score (nSPS) is 15.8. The SMILES string of the molecule is Cc1cnc(COC2CCC2)nc1C(=O)O. The van der Waals surface area contributed by atoms with Crippen molar-refractivity contribution in [3.8, 4) is 0 Å². The van der Waals surface area contributed by atoms with Gasteiger partial charge in [-0.15, -0.1) is 0 Å². The molecule has 1 fully saturated rings. The van der Waals surface area contributed by atoms with Crippen LogP contribution < -0.4 is 0 Å². The predicted octanol–water partition coefficient (Wildman–Crippen LogP) is 1.55. The highest BCUT2D eigenvalue weighted by molar-refractivity contribution is 5.86. The molecular weight excluding hydrogens is 208 g/mol. The smallest absolute Gasteiger partial charge is 0.354 e. The van der Waals surface area contributed by atoms with Gasteiger partial charge in [0.2, 0.25) is 0 Å². The number of carboxylic acid groups (broad SMARTS) is 1. The maximum Gasteiger partial charge on any atom is 0.354 e. The fraction of sp³-hybridized carbons (Fsp3) is 0.545. The Labute approximate surface area is 93.5 Å². The monoisotopic (exact) mass is 222 g/mol. The summed E-state index contributed by atoms with van der Waals surface area (Å²) in [6.45, 7) is 1.98. The summed E-state index contributed by atoms with van der Waals surface area (Å²) in [7, 11) is 0. The van der Waals surface area contributed by atoms with Crippen molar-refractivity contribution in [1.29, 1.82) is 0 Å². The minimum atomic E-state index is -1.02. The predicted molar refractivity (Wildman–Crippen MR) is 56.2 cm³/mol. The molecule has 1 N–H and O–H groups in total. The zero-order chi connectivity index (χ0) is 11.5. The Morgan fingerprint density at radius 2 is 2.38 bits per heavy atom. The lowest BCUT2D eigenvalue weighted by Gasteiger charge is -2.25. The van der Waals surface area contributed by atoms with Crippen LogP contribution in [0.15, 0.2) is 6.20 Å². The number of aryl methyl sites for hydroxylation is 1. The number of hydrogen-bond acceptors (Lipinski definition) is 4. The lowest BCUT2D eigenvalue weighted by Crippen LogP contribution is -2.22. The first-order valence-corrected chi connectivity index (χ1v) is 5.34. The first-order chi connectivity index (χ1) is 7.66. The second-order valence-electron chi connectivity index (χ2n) is 3.99. The molecule has 0 amide bonds. The summed E-state index contributed by atoms with van der Waals surface area (Å²) in [5, 5.41) is 8.89. The van der Waals surface area contributed by atoms with Gasteiger partial charge < -0.3 is 9.84 Å². The third kappa shape index (κ3) is 2.36. The van der Waals surface area contributed by atoms with Gasteiger partial charge in [-0.2, -0.15) is 0 Å². The van der Waals surface area contributed by atoms with E-state index in [0.29, 0.717) is 24.1 Å². The molecule has 0 bridgehead atoms. The zero-order valence-corrected chi connectivity index (χ0v) is 9.14. The van der Waals surface area contributed by atoms with Crippen LogP contribution in [-0.2, 0) is 11.3 Å². The molecule has 1 heterocycles. The number of ether oxygens (including phenoxy) is 1. The van der Waals surface area contributed by atoms with E-state index >= 15 is 0 Å². The summed E-state index contributed by atoms with van der Waals surface area (Å²) in [5.41, 5.74) is 0.627. The van der Waals surface area contributed by atoms with Gasteiger partial charge in [0.25, 0.3) is 0 Å². The average Bonchev–Trinajstić information content (AvgIpc) is 2.17. The molecule has 86 valence electrons. The number of nitrogens with zero attached hydrogens (tertiary/aromatic N) is 2. The molecule has 0 aromatic carbocycles. The Morgan fingerprint density at radius 3 is 2.94 bits per heavy atom. The van der Waals surface area contributed by atoms with E-state index in [-0.39, 0.29) is 5.69 Å². The van der Waals surface area contributed by atoms with Gasteiger partial charge in [-0.1, -0.05) is 0 Å². The van der Waals surface area contributed by atoms with Gasteiger partial charge >= 0.3 is 5.97 Å². The molecule has 0 radical (unpaired) electrons. The largest absolute Gasteiger partial charge is 0.477 e. The lowest BCUT2D eigenvalue weighted by molar-refractivity contribution is -0.0117. The second kappa shape index (κ2) is 4.57. The third-order valence-corrected chi connectivity index (χ3v) is 2.72. The Bertz CT molecular complexity index is 402. The van der Waals surface area contributed by atoms with Crippen LogP contribution in [0.5, 0.6) is 0 Å². The Balaban J connectivity index is 2.03. The van der Waals surface area contributed by atoms with Crippen LogP contribution in [-0.4, -0.2) is 27.1 Å². The minimum absolute atomic E-state index is 0.0576. The molecule has 0 atom stereocenters. The maximum atomic E-state index is 10.8. The van der Waals surface area contributed by atoms with E-state index in [9.17, 15) is 4.79 Å². The number of aromatic carboxylic acids is 1. The van der Waals surface area contributed by atoms with Gasteiger partial charge in [0.15, 0.2) is 11.5 Å². The Hall–Kier alpha value is -1.49. The summed E-state index contributed by atoms with van der Waals surface area (Å²) in [4.78, 5) is 18.9. The first kappa shape index (κ1) is 11.0. The van der Waals surface area contributed by atoms with Crippen molar-refractivity contribution in [1.82, 2.24) is 9.97 Å². The van der Waals surface area contributed by atoms with Crippen molar-refractivity contribution in [3.63, 3.8) is 0 Å². The van der Waals surface area contributed by atoms with Gasteiger partial charge in [-0.25, -0.2) is 14.8 Å². The van der Waals surface area contributed by atoms with Gasteiger partial charge in [-0.3, -0.25) is 0 Å². The lowest BCUT2D eigenvalue weighted by atomic mass is 9.96. The molecule has 1 aromatic rings. The molecule has 0 saturated heterocycles. The summed E-state index contributed by atoms with van der Waals surface area (Å²) < 4.78 is 5.52. The molecule has 0 unspecified atom stereocenters. The Morgan fingerprint density at radius 1 is 1.62 bits per heavy atom. The maximum absolute atomic E-state index is 10.8. The van der Waals surface area contributed by atoms with Crippen LogP contribution in [0.4, 0.5) is 0 Å².